The number of fused-ring (bicyclic) bond motifs is 2. The second-order valence-corrected chi connectivity index (χ2v) is 3.87. The Morgan fingerprint density at radius 2 is 2.14 bits per heavy atom. The van der Waals surface area contributed by atoms with Gasteiger partial charge in [0.05, 0.1) is 15.9 Å². The van der Waals surface area contributed by atoms with E-state index in [1.54, 1.807) is 0 Å². The number of rotatable bonds is 0. The van der Waals surface area contributed by atoms with Crippen molar-refractivity contribution in [3.63, 3.8) is 0 Å². The number of anilines is 1. The fraction of sp³-hybridized carbons (Fsp3) is 0. The lowest BCUT2D eigenvalue weighted by molar-refractivity contribution is 1.52. The number of pyridine rings is 1. The number of benzene rings is 1. The molecule has 0 aliphatic heterocycles. The standard InChI is InChI=1S/C11H6N2S/c12-10-7-3-1-2-4-8(7)13-9-5-6-14-11(9)10/h1-4H,(H2,12,13). The molecule has 66 valence electrons. The number of hydrogen-bond acceptors (Lipinski definition) is 3. The number of nitrogen functional groups attached to an aromatic ring is 1. The summed E-state index contributed by atoms with van der Waals surface area (Å²) in [6, 6.07) is 10.8. The van der Waals surface area contributed by atoms with Crippen molar-refractivity contribution in [2.45, 2.75) is 0 Å². The third-order valence-electron chi connectivity index (χ3n) is 2.21. The summed E-state index contributed by atoms with van der Waals surface area (Å²) in [6.07, 6.45) is 0. The minimum atomic E-state index is 0.785. The van der Waals surface area contributed by atoms with Crippen molar-refractivity contribution >= 4 is 38.1 Å². The van der Waals surface area contributed by atoms with E-state index < -0.39 is 0 Å². The van der Waals surface area contributed by atoms with Crippen molar-refractivity contribution in [2.24, 2.45) is 0 Å². The van der Waals surface area contributed by atoms with Gasteiger partial charge in [0.2, 0.25) is 0 Å². The smallest absolute Gasteiger partial charge is 0.135 e. The molecular weight excluding hydrogens is 192 g/mol. The Hall–Kier alpha value is -1.79. The highest BCUT2D eigenvalue weighted by molar-refractivity contribution is 7.16. The van der Waals surface area contributed by atoms with Crippen LogP contribution in [-0.4, -0.2) is 4.98 Å². The Bertz CT molecular complexity index is 613. The highest BCUT2D eigenvalue weighted by atomic mass is 32.1. The zero-order valence-corrected chi connectivity index (χ0v) is 8.06. The lowest BCUT2D eigenvalue weighted by Gasteiger charge is -2.01. The van der Waals surface area contributed by atoms with Crippen LogP contribution in [0.1, 0.15) is 0 Å². The van der Waals surface area contributed by atoms with E-state index in [1.165, 1.54) is 11.3 Å². The van der Waals surface area contributed by atoms with E-state index in [9.17, 15) is 0 Å². The first-order valence-electron chi connectivity index (χ1n) is 4.22. The van der Waals surface area contributed by atoms with Gasteiger partial charge in [0.1, 0.15) is 5.52 Å². The first kappa shape index (κ1) is 7.60. The van der Waals surface area contributed by atoms with Crippen LogP contribution in [0.3, 0.4) is 0 Å². The molecule has 3 aromatic rings. The molecule has 0 spiro atoms. The van der Waals surface area contributed by atoms with Gasteiger partial charge in [-0.3, -0.25) is 0 Å². The van der Waals surface area contributed by atoms with Crippen LogP contribution in [0.2, 0.25) is 0 Å². The quantitative estimate of drug-likeness (QED) is 0.603. The monoisotopic (exact) mass is 198 g/mol. The van der Waals surface area contributed by atoms with Gasteiger partial charge in [0, 0.05) is 5.39 Å². The molecule has 2 aromatic heterocycles. The van der Waals surface area contributed by atoms with Gasteiger partial charge >= 0.3 is 0 Å². The predicted octanol–water partition coefficient (Wildman–Crippen LogP) is 2.63. The number of para-hydroxylation sites is 1. The molecule has 2 N–H and O–H groups in total. The maximum absolute atomic E-state index is 6.03. The SMILES string of the molecule is Nc1c2ccccc2nc2c#csc12. The fourth-order valence-electron chi connectivity index (χ4n) is 1.53. The Morgan fingerprint density at radius 1 is 1.29 bits per heavy atom. The summed E-state index contributed by atoms with van der Waals surface area (Å²) in [6.45, 7) is 0. The molecule has 14 heavy (non-hydrogen) atoms. The second kappa shape index (κ2) is 2.60. The Labute approximate surface area is 85.0 Å². The van der Waals surface area contributed by atoms with Crippen molar-refractivity contribution in [3.05, 3.63) is 35.7 Å². The number of hydrogen-bond donors (Lipinski definition) is 1. The minimum Gasteiger partial charge on any atom is -0.397 e. The maximum Gasteiger partial charge on any atom is 0.135 e. The summed E-state index contributed by atoms with van der Waals surface area (Å²) in [7, 11) is 0. The molecule has 3 rings (SSSR count). The van der Waals surface area contributed by atoms with Crippen molar-refractivity contribution in [3.8, 4) is 0 Å². The van der Waals surface area contributed by atoms with Crippen LogP contribution in [0, 0.1) is 11.4 Å². The molecule has 3 heteroatoms. The second-order valence-electron chi connectivity index (χ2n) is 3.05. The Kier molecular flexibility index (Phi) is 1.41. The van der Waals surface area contributed by atoms with Crippen molar-refractivity contribution in [1.82, 2.24) is 4.98 Å². The summed E-state index contributed by atoms with van der Waals surface area (Å²) in [5, 5.41) is 3.93. The van der Waals surface area contributed by atoms with Crippen LogP contribution in [0.15, 0.2) is 24.3 Å². The van der Waals surface area contributed by atoms with E-state index in [2.05, 4.69) is 16.4 Å². The van der Waals surface area contributed by atoms with Gasteiger partial charge in [-0.25, -0.2) is 4.98 Å². The van der Waals surface area contributed by atoms with Gasteiger partial charge in [-0.1, -0.05) is 29.5 Å². The van der Waals surface area contributed by atoms with E-state index >= 15 is 0 Å². The summed E-state index contributed by atoms with van der Waals surface area (Å²) < 4.78 is 0.976. The topological polar surface area (TPSA) is 38.9 Å². The summed E-state index contributed by atoms with van der Waals surface area (Å²) in [5.74, 6) is 0. The van der Waals surface area contributed by atoms with Gasteiger partial charge < -0.3 is 5.73 Å². The highest BCUT2D eigenvalue weighted by Crippen LogP contribution is 2.29. The zero-order chi connectivity index (χ0) is 9.54. The molecule has 0 aliphatic carbocycles. The molecule has 0 aliphatic rings. The normalized spacial score (nSPS) is 10.6. The summed E-state index contributed by atoms with van der Waals surface area (Å²) in [5.41, 5.74) is 8.54. The van der Waals surface area contributed by atoms with Crippen molar-refractivity contribution < 1.29 is 0 Å². The average molecular weight is 198 g/mol. The minimum absolute atomic E-state index is 0.785. The third-order valence-corrected chi connectivity index (χ3v) is 3.03. The van der Waals surface area contributed by atoms with Crippen molar-refractivity contribution in [1.29, 1.82) is 0 Å². The highest BCUT2D eigenvalue weighted by Gasteiger charge is 2.05. The third kappa shape index (κ3) is 0.889. The van der Waals surface area contributed by atoms with E-state index in [4.69, 9.17) is 5.73 Å². The van der Waals surface area contributed by atoms with Crippen LogP contribution in [0.5, 0.6) is 0 Å². The van der Waals surface area contributed by atoms with Crippen molar-refractivity contribution in [2.75, 3.05) is 5.73 Å². The number of nitrogens with two attached hydrogens (primary N) is 1. The molecule has 0 amide bonds. The van der Waals surface area contributed by atoms with Gasteiger partial charge in [0.15, 0.2) is 0 Å². The summed E-state index contributed by atoms with van der Waals surface area (Å²) in [4.78, 5) is 4.44. The lowest BCUT2D eigenvalue weighted by atomic mass is 10.2. The molecular formula is C11H6N2S. The predicted molar refractivity (Wildman–Crippen MR) is 59.2 cm³/mol. The van der Waals surface area contributed by atoms with Crippen LogP contribution >= 0.6 is 11.3 Å². The zero-order valence-electron chi connectivity index (χ0n) is 7.24. The maximum atomic E-state index is 6.03. The summed E-state index contributed by atoms with van der Waals surface area (Å²) >= 11 is 1.46. The van der Waals surface area contributed by atoms with Crippen LogP contribution in [0.4, 0.5) is 5.69 Å². The van der Waals surface area contributed by atoms with E-state index in [0.717, 1.165) is 26.8 Å². The largest absolute Gasteiger partial charge is 0.397 e. The van der Waals surface area contributed by atoms with E-state index in [0.29, 0.717) is 0 Å². The molecule has 0 saturated carbocycles. The van der Waals surface area contributed by atoms with Gasteiger partial charge in [-0.05, 0) is 17.5 Å². The fourth-order valence-corrected chi connectivity index (χ4v) is 2.20. The first-order chi connectivity index (χ1) is 6.86. The number of aromatic nitrogens is 1. The molecule has 0 bridgehead atoms. The van der Waals surface area contributed by atoms with Gasteiger partial charge in [-0.2, -0.15) is 0 Å². The lowest BCUT2D eigenvalue weighted by Crippen LogP contribution is -1.89. The molecule has 2 nitrogen and oxygen atoms in total. The van der Waals surface area contributed by atoms with Gasteiger partial charge in [-0.15, -0.1) is 0 Å². The van der Waals surface area contributed by atoms with Crippen LogP contribution in [-0.2, 0) is 0 Å². The van der Waals surface area contributed by atoms with E-state index in [1.807, 2.05) is 24.3 Å². The molecule has 0 fully saturated rings. The molecule has 0 saturated heterocycles. The van der Waals surface area contributed by atoms with E-state index in [-0.39, 0.29) is 0 Å². The Balaban J connectivity index is 2.63. The van der Waals surface area contributed by atoms with Crippen LogP contribution in [0.25, 0.3) is 21.1 Å². The molecule has 0 atom stereocenters. The van der Waals surface area contributed by atoms with Gasteiger partial charge in [0.25, 0.3) is 0 Å². The molecule has 0 radical (unpaired) electrons. The first-order valence-corrected chi connectivity index (χ1v) is 5.04. The molecule has 0 unspecified atom stereocenters. The molecule has 2 heterocycles. The average Bonchev–Trinajstić information content (AvgIpc) is 2.66. The molecule has 1 aromatic carbocycles. The Morgan fingerprint density at radius 3 is 3.07 bits per heavy atom. The number of nitrogens with zero attached hydrogens (tertiary/aromatic N) is 1. The van der Waals surface area contributed by atoms with Crippen LogP contribution < -0.4 is 5.73 Å².